The van der Waals surface area contributed by atoms with Gasteiger partial charge in [0.1, 0.15) is 0 Å². The Morgan fingerprint density at radius 1 is 1.50 bits per heavy atom. The van der Waals surface area contributed by atoms with Crippen LogP contribution in [0.4, 0.5) is 5.69 Å². The molecule has 0 amide bonds. The minimum absolute atomic E-state index is 0.287. The van der Waals surface area contributed by atoms with E-state index in [1.807, 2.05) is 0 Å². The molecule has 2 atom stereocenters. The molecule has 1 aliphatic rings. The first-order valence-corrected chi connectivity index (χ1v) is 6.91. The van der Waals surface area contributed by atoms with E-state index in [0.717, 1.165) is 26.0 Å². The van der Waals surface area contributed by atoms with Gasteiger partial charge in [0, 0.05) is 25.4 Å². The molecule has 2 N–H and O–H groups in total. The number of hydrogen-bond acceptors (Lipinski definition) is 3. The molecule has 100 valence electrons. The lowest BCUT2D eigenvalue weighted by atomic mass is 10.0. The number of rotatable bonds is 5. The molecule has 1 aliphatic heterocycles. The number of hydrogen-bond donors (Lipinski definition) is 1. The van der Waals surface area contributed by atoms with Crippen LogP contribution in [0.3, 0.4) is 0 Å². The Kier molecular flexibility index (Phi) is 4.61. The van der Waals surface area contributed by atoms with Crippen molar-refractivity contribution in [3.8, 4) is 0 Å². The highest BCUT2D eigenvalue weighted by atomic mass is 16.5. The van der Waals surface area contributed by atoms with E-state index in [1.54, 1.807) is 0 Å². The molecule has 1 saturated heterocycles. The largest absolute Gasteiger partial charge is 0.376 e. The van der Waals surface area contributed by atoms with Crippen LogP contribution in [-0.2, 0) is 4.74 Å². The van der Waals surface area contributed by atoms with Gasteiger partial charge in [-0.25, -0.2) is 0 Å². The third-order valence-electron chi connectivity index (χ3n) is 3.71. The predicted molar refractivity (Wildman–Crippen MR) is 76.0 cm³/mol. The van der Waals surface area contributed by atoms with Crippen LogP contribution in [0.1, 0.15) is 25.3 Å². The van der Waals surface area contributed by atoms with Gasteiger partial charge < -0.3 is 15.4 Å². The fourth-order valence-electron chi connectivity index (χ4n) is 2.80. The van der Waals surface area contributed by atoms with Crippen molar-refractivity contribution in [1.82, 2.24) is 0 Å². The number of nitrogens with zero attached hydrogens (tertiary/aromatic N) is 1. The third kappa shape index (κ3) is 2.85. The lowest BCUT2D eigenvalue weighted by Crippen LogP contribution is -2.48. The van der Waals surface area contributed by atoms with Gasteiger partial charge in [-0.1, -0.05) is 12.1 Å². The minimum atomic E-state index is 0.287. The Bertz CT molecular complexity index is 375. The number of nitrogens with two attached hydrogens (primary N) is 1. The number of likely N-dealkylation sites (N-methyl/N-ethyl adjacent to an activating group) is 1. The molecule has 18 heavy (non-hydrogen) atoms. The summed E-state index contributed by atoms with van der Waals surface area (Å²) in [7, 11) is 0. The van der Waals surface area contributed by atoms with Crippen LogP contribution in [0.5, 0.6) is 0 Å². The second-order valence-electron chi connectivity index (χ2n) is 4.98. The number of anilines is 1. The summed E-state index contributed by atoms with van der Waals surface area (Å²) in [5, 5.41) is 0. The maximum atomic E-state index is 5.98. The number of aryl methyl sites for hydroxylation is 1. The van der Waals surface area contributed by atoms with Crippen molar-refractivity contribution in [2.24, 2.45) is 5.73 Å². The van der Waals surface area contributed by atoms with Crippen molar-refractivity contribution < 1.29 is 4.74 Å². The molecule has 1 aromatic rings. The second-order valence-corrected chi connectivity index (χ2v) is 4.98. The highest BCUT2D eigenvalue weighted by Gasteiger charge is 2.29. The molecule has 0 aliphatic carbocycles. The zero-order chi connectivity index (χ0) is 13.0. The molecule has 3 nitrogen and oxygen atoms in total. The van der Waals surface area contributed by atoms with Crippen LogP contribution in [0.15, 0.2) is 24.3 Å². The summed E-state index contributed by atoms with van der Waals surface area (Å²) < 4.78 is 5.82. The van der Waals surface area contributed by atoms with Gasteiger partial charge >= 0.3 is 0 Å². The van der Waals surface area contributed by atoms with Gasteiger partial charge in [-0.15, -0.1) is 0 Å². The molecule has 0 saturated carbocycles. The molecule has 2 rings (SSSR count). The van der Waals surface area contributed by atoms with Crippen molar-refractivity contribution in [2.45, 2.75) is 38.8 Å². The summed E-state index contributed by atoms with van der Waals surface area (Å²) in [6.07, 6.45) is 2.58. The maximum Gasteiger partial charge on any atom is 0.0791 e. The molecule has 0 spiro atoms. The summed E-state index contributed by atoms with van der Waals surface area (Å²) in [5.41, 5.74) is 8.52. The molecule has 1 aromatic carbocycles. The third-order valence-corrected chi connectivity index (χ3v) is 3.71. The van der Waals surface area contributed by atoms with Gasteiger partial charge in [0.2, 0.25) is 0 Å². The lowest BCUT2D eigenvalue weighted by molar-refractivity contribution is 0.0895. The highest BCUT2D eigenvalue weighted by molar-refractivity contribution is 5.49. The quantitative estimate of drug-likeness (QED) is 0.869. The molecule has 2 unspecified atom stereocenters. The summed E-state index contributed by atoms with van der Waals surface area (Å²) in [6, 6.07) is 8.91. The molecular formula is C15H24N2O. The first-order valence-electron chi connectivity index (χ1n) is 6.91. The lowest BCUT2D eigenvalue weighted by Gasteiger charge is -2.35. The van der Waals surface area contributed by atoms with Gasteiger partial charge in [-0.3, -0.25) is 0 Å². The number of benzene rings is 1. The molecule has 0 bridgehead atoms. The van der Waals surface area contributed by atoms with Crippen molar-refractivity contribution in [2.75, 3.05) is 24.6 Å². The summed E-state index contributed by atoms with van der Waals surface area (Å²) in [5.74, 6) is 0. The second kappa shape index (κ2) is 6.21. The van der Waals surface area contributed by atoms with Crippen molar-refractivity contribution in [3.63, 3.8) is 0 Å². The average Bonchev–Trinajstić information content (AvgIpc) is 2.89. The van der Waals surface area contributed by atoms with Crippen LogP contribution < -0.4 is 10.6 Å². The van der Waals surface area contributed by atoms with Crippen LogP contribution in [0.2, 0.25) is 0 Å². The molecule has 3 heteroatoms. The molecule has 0 radical (unpaired) electrons. The van der Waals surface area contributed by atoms with E-state index in [4.69, 9.17) is 10.5 Å². The van der Waals surface area contributed by atoms with Crippen molar-refractivity contribution in [1.29, 1.82) is 0 Å². The van der Waals surface area contributed by atoms with Gasteiger partial charge in [0.15, 0.2) is 0 Å². The van der Waals surface area contributed by atoms with E-state index in [2.05, 4.69) is 43.0 Å². The van der Waals surface area contributed by atoms with Crippen LogP contribution in [-0.4, -0.2) is 31.8 Å². The SMILES string of the molecule is CCN(c1cccc(C)c1)C(CN)C1CCCO1. The highest BCUT2D eigenvalue weighted by Crippen LogP contribution is 2.24. The Labute approximate surface area is 110 Å². The maximum absolute atomic E-state index is 5.98. The fourth-order valence-corrected chi connectivity index (χ4v) is 2.80. The zero-order valence-corrected chi connectivity index (χ0v) is 11.4. The molecule has 1 heterocycles. The topological polar surface area (TPSA) is 38.5 Å². The van der Waals surface area contributed by atoms with E-state index in [-0.39, 0.29) is 6.10 Å². The van der Waals surface area contributed by atoms with Crippen LogP contribution in [0, 0.1) is 6.92 Å². The van der Waals surface area contributed by atoms with E-state index in [9.17, 15) is 0 Å². The predicted octanol–water partition coefficient (Wildman–Crippen LogP) is 2.33. The van der Waals surface area contributed by atoms with E-state index in [0.29, 0.717) is 12.6 Å². The number of ether oxygens (including phenoxy) is 1. The standard InChI is InChI=1S/C15H24N2O/c1-3-17(13-7-4-6-12(2)10-13)14(11-16)15-8-5-9-18-15/h4,6-7,10,14-15H,3,5,8-9,11,16H2,1-2H3. The Morgan fingerprint density at radius 3 is 2.89 bits per heavy atom. The van der Waals surface area contributed by atoms with Crippen LogP contribution >= 0.6 is 0 Å². The first kappa shape index (κ1) is 13.4. The average molecular weight is 248 g/mol. The Hall–Kier alpha value is -1.06. The van der Waals surface area contributed by atoms with E-state index < -0.39 is 0 Å². The monoisotopic (exact) mass is 248 g/mol. The Morgan fingerprint density at radius 2 is 2.33 bits per heavy atom. The summed E-state index contributed by atoms with van der Waals surface area (Å²) in [4.78, 5) is 2.38. The van der Waals surface area contributed by atoms with Gasteiger partial charge in [0.05, 0.1) is 12.1 Å². The molecule has 0 aromatic heterocycles. The van der Waals surface area contributed by atoms with Crippen molar-refractivity contribution >= 4 is 5.69 Å². The summed E-state index contributed by atoms with van der Waals surface area (Å²) in [6.45, 7) is 6.80. The van der Waals surface area contributed by atoms with Gasteiger partial charge in [-0.2, -0.15) is 0 Å². The molecule has 1 fully saturated rings. The zero-order valence-electron chi connectivity index (χ0n) is 11.4. The van der Waals surface area contributed by atoms with Gasteiger partial charge in [-0.05, 0) is 44.4 Å². The Balaban J connectivity index is 2.19. The smallest absolute Gasteiger partial charge is 0.0791 e. The normalized spacial score (nSPS) is 20.9. The fraction of sp³-hybridized carbons (Fsp3) is 0.600. The van der Waals surface area contributed by atoms with Crippen LogP contribution in [0.25, 0.3) is 0 Å². The van der Waals surface area contributed by atoms with E-state index in [1.165, 1.54) is 11.3 Å². The van der Waals surface area contributed by atoms with Crippen molar-refractivity contribution in [3.05, 3.63) is 29.8 Å². The van der Waals surface area contributed by atoms with Gasteiger partial charge in [0.25, 0.3) is 0 Å². The summed E-state index contributed by atoms with van der Waals surface area (Å²) >= 11 is 0. The first-order chi connectivity index (χ1) is 8.76. The molecular weight excluding hydrogens is 224 g/mol. The minimum Gasteiger partial charge on any atom is -0.376 e. The van der Waals surface area contributed by atoms with E-state index >= 15 is 0 Å².